The molecule has 2 aromatic carbocycles. The van der Waals surface area contributed by atoms with Crippen molar-refractivity contribution >= 4 is 40.0 Å². The fourth-order valence-corrected chi connectivity index (χ4v) is 4.47. The van der Waals surface area contributed by atoms with Crippen molar-refractivity contribution in [1.82, 2.24) is 9.80 Å². The summed E-state index contributed by atoms with van der Waals surface area (Å²) in [5.41, 5.74) is 2.45. The first-order chi connectivity index (χ1) is 13.5. The van der Waals surface area contributed by atoms with Crippen LogP contribution in [0.25, 0.3) is 0 Å². The van der Waals surface area contributed by atoms with E-state index < -0.39 is 0 Å². The third-order valence-corrected chi connectivity index (χ3v) is 6.16. The smallest absolute Gasteiger partial charge is 0.254 e. The Hall–Kier alpha value is -1.76. The lowest BCUT2D eigenvalue weighted by Gasteiger charge is -2.33. The summed E-state index contributed by atoms with van der Waals surface area (Å²) in [6, 6.07) is 11.6. The zero-order valence-corrected chi connectivity index (χ0v) is 18.3. The number of ketones is 1. The molecule has 0 radical (unpaired) electrons. The predicted molar refractivity (Wildman–Crippen MR) is 116 cm³/mol. The Morgan fingerprint density at radius 3 is 2.48 bits per heavy atom. The summed E-state index contributed by atoms with van der Waals surface area (Å²) >= 11 is 3.47. The number of benzene rings is 2. The number of fused-ring (bicyclic) bond motifs is 1. The number of Topliss-reactive ketones (excluding diaryl/α,β-unsaturated/α-hetero) is 1. The quantitative estimate of drug-likeness (QED) is 0.588. The molecule has 7 heteroatoms. The molecule has 154 valence electrons. The molecular formula is C22H23BrClFN2O2. The van der Waals surface area contributed by atoms with E-state index in [1.807, 2.05) is 23.1 Å². The zero-order chi connectivity index (χ0) is 19.7. The summed E-state index contributed by atoms with van der Waals surface area (Å²) < 4.78 is 14.0. The van der Waals surface area contributed by atoms with Crippen LogP contribution in [0.1, 0.15) is 39.1 Å². The van der Waals surface area contributed by atoms with Gasteiger partial charge in [-0.25, -0.2) is 4.39 Å². The van der Waals surface area contributed by atoms with E-state index in [9.17, 15) is 14.0 Å². The number of amides is 1. The van der Waals surface area contributed by atoms with Crippen LogP contribution in [-0.2, 0) is 6.54 Å². The lowest BCUT2D eigenvalue weighted by atomic mass is 9.95. The summed E-state index contributed by atoms with van der Waals surface area (Å²) in [5.74, 6) is 0.271. The number of carbonyl (C=O) groups is 2. The second kappa shape index (κ2) is 9.37. The summed E-state index contributed by atoms with van der Waals surface area (Å²) in [5, 5.41) is 0. The molecule has 1 saturated heterocycles. The number of carbonyl (C=O) groups excluding carboxylic acids is 2. The van der Waals surface area contributed by atoms with Crippen molar-refractivity contribution in [1.29, 1.82) is 0 Å². The van der Waals surface area contributed by atoms with E-state index in [2.05, 4.69) is 20.8 Å². The second-order valence-corrected chi connectivity index (χ2v) is 8.55. The lowest BCUT2D eigenvalue weighted by molar-refractivity contribution is 0.0707. The SMILES string of the molecule is Cl.O=C(CN1CCC(CN2Cc3cc(Br)ccc3C2=O)CC1)c1ccc(F)cc1. The highest BCUT2D eigenvalue weighted by Crippen LogP contribution is 2.28. The van der Waals surface area contributed by atoms with Gasteiger partial charge in [0.25, 0.3) is 5.91 Å². The Bertz CT molecular complexity index is 898. The standard InChI is InChI=1S/C22H22BrFN2O2.ClH/c23-18-3-6-20-17(11-18)13-26(22(20)28)12-15-7-9-25(10-8-15)14-21(27)16-1-4-19(24)5-2-16;/h1-6,11,15H,7-10,12-14H2;1H. The normalized spacial score (nSPS) is 17.2. The monoisotopic (exact) mass is 480 g/mol. The number of halogens is 3. The van der Waals surface area contributed by atoms with Crippen LogP contribution < -0.4 is 0 Å². The number of hydrogen-bond acceptors (Lipinski definition) is 3. The number of rotatable bonds is 5. The summed E-state index contributed by atoms with van der Waals surface area (Å²) in [4.78, 5) is 29.1. The first kappa shape index (κ1) is 21.9. The van der Waals surface area contributed by atoms with Crippen LogP contribution in [0.15, 0.2) is 46.9 Å². The van der Waals surface area contributed by atoms with Crippen molar-refractivity contribution in [2.24, 2.45) is 5.92 Å². The minimum absolute atomic E-state index is 0. The van der Waals surface area contributed by atoms with Crippen molar-refractivity contribution in [2.75, 3.05) is 26.2 Å². The average Bonchev–Trinajstić information content (AvgIpc) is 2.98. The van der Waals surface area contributed by atoms with Gasteiger partial charge in [-0.3, -0.25) is 14.5 Å². The first-order valence-electron chi connectivity index (χ1n) is 9.58. The van der Waals surface area contributed by atoms with E-state index >= 15 is 0 Å². The molecule has 0 aromatic heterocycles. The molecule has 0 saturated carbocycles. The lowest BCUT2D eigenvalue weighted by Crippen LogP contribution is -2.40. The third kappa shape index (κ3) is 5.05. The Morgan fingerprint density at radius 1 is 1.10 bits per heavy atom. The molecule has 1 fully saturated rings. The van der Waals surface area contributed by atoms with Crippen LogP contribution in [-0.4, -0.2) is 47.7 Å². The number of piperidine rings is 1. The molecule has 0 bridgehead atoms. The van der Waals surface area contributed by atoms with E-state index in [1.165, 1.54) is 12.1 Å². The Labute approximate surface area is 184 Å². The highest BCUT2D eigenvalue weighted by molar-refractivity contribution is 9.10. The van der Waals surface area contributed by atoms with E-state index in [1.54, 1.807) is 12.1 Å². The number of hydrogen-bond donors (Lipinski definition) is 0. The second-order valence-electron chi connectivity index (χ2n) is 7.64. The molecule has 1 amide bonds. The van der Waals surface area contributed by atoms with Gasteiger partial charge >= 0.3 is 0 Å². The van der Waals surface area contributed by atoms with Gasteiger partial charge in [-0.05, 0) is 79.9 Å². The average molecular weight is 482 g/mol. The van der Waals surface area contributed by atoms with Gasteiger partial charge in [-0.1, -0.05) is 15.9 Å². The van der Waals surface area contributed by atoms with E-state index in [0.29, 0.717) is 24.6 Å². The Morgan fingerprint density at radius 2 is 1.79 bits per heavy atom. The molecule has 2 heterocycles. The van der Waals surface area contributed by atoms with Crippen LogP contribution in [0, 0.1) is 11.7 Å². The Kier molecular flexibility index (Phi) is 7.09. The Balaban J connectivity index is 0.00000240. The minimum atomic E-state index is -0.330. The molecule has 29 heavy (non-hydrogen) atoms. The van der Waals surface area contributed by atoms with Gasteiger partial charge in [0, 0.05) is 28.7 Å². The topological polar surface area (TPSA) is 40.6 Å². The third-order valence-electron chi connectivity index (χ3n) is 5.67. The molecule has 2 aliphatic heterocycles. The molecule has 0 aliphatic carbocycles. The molecule has 2 aromatic rings. The van der Waals surface area contributed by atoms with Crippen molar-refractivity contribution in [3.8, 4) is 0 Å². The maximum absolute atomic E-state index is 13.0. The van der Waals surface area contributed by atoms with Gasteiger partial charge in [-0.2, -0.15) is 0 Å². The maximum Gasteiger partial charge on any atom is 0.254 e. The molecule has 0 unspecified atom stereocenters. The van der Waals surface area contributed by atoms with Crippen molar-refractivity contribution in [3.05, 3.63) is 69.4 Å². The first-order valence-corrected chi connectivity index (χ1v) is 10.4. The summed E-state index contributed by atoms with van der Waals surface area (Å²) in [6.07, 6.45) is 1.95. The van der Waals surface area contributed by atoms with Gasteiger partial charge < -0.3 is 4.90 Å². The molecule has 0 N–H and O–H groups in total. The molecule has 0 spiro atoms. The highest BCUT2D eigenvalue weighted by Gasteiger charge is 2.30. The van der Waals surface area contributed by atoms with Gasteiger partial charge in [0.1, 0.15) is 5.82 Å². The summed E-state index contributed by atoms with van der Waals surface area (Å²) in [6.45, 7) is 3.50. The highest BCUT2D eigenvalue weighted by atomic mass is 79.9. The van der Waals surface area contributed by atoms with Crippen LogP contribution >= 0.6 is 28.3 Å². The maximum atomic E-state index is 13.0. The minimum Gasteiger partial charge on any atom is -0.334 e. The van der Waals surface area contributed by atoms with Crippen LogP contribution in [0.4, 0.5) is 4.39 Å². The number of likely N-dealkylation sites (tertiary alicyclic amines) is 1. The van der Waals surface area contributed by atoms with Crippen LogP contribution in [0.2, 0.25) is 0 Å². The van der Waals surface area contributed by atoms with Crippen LogP contribution in [0.5, 0.6) is 0 Å². The largest absolute Gasteiger partial charge is 0.334 e. The molecule has 0 atom stereocenters. The number of nitrogens with zero attached hydrogens (tertiary/aromatic N) is 2. The van der Waals surface area contributed by atoms with Gasteiger partial charge in [-0.15, -0.1) is 12.4 Å². The van der Waals surface area contributed by atoms with Crippen molar-refractivity contribution in [2.45, 2.75) is 19.4 Å². The molecule has 4 nitrogen and oxygen atoms in total. The van der Waals surface area contributed by atoms with E-state index in [0.717, 1.165) is 48.1 Å². The van der Waals surface area contributed by atoms with Gasteiger partial charge in [0.2, 0.25) is 0 Å². The molecular weight excluding hydrogens is 459 g/mol. The van der Waals surface area contributed by atoms with Crippen molar-refractivity contribution < 1.29 is 14.0 Å². The van der Waals surface area contributed by atoms with Gasteiger partial charge in [0.15, 0.2) is 5.78 Å². The van der Waals surface area contributed by atoms with E-state index in [4.69, 9.17) is 0 Å². The fraction of sp³-hybridized carbons (Fsp3) is 0.364. The predicted octanol–water partition coefficient (Wildman–Crippen LogP) is 4.56. The summed E-state index contributed by atoms with van der Waals surface area (Å²) in [7, 11) is 0. The molecule has 2 aliphatic rings. The van der Waals surface area contributed by atoms with Crippen LogP contribution in [0.3, 0.4) is 0 Å². The van der Waals surface area contributed by atoms with E-state index in [-0.39, 0.29) is 29.9 Å². The van der Waals surface area contributed by atoms with Gasteiger partial charge in [0.05, 0.1) is 6.54 Å². The van der Waals surface area contributed by atoms with Crippen molar-refractivity contribution in [3.63, 3.8) is 0 Å². The molecule has 4 rings (SSSR count). The fourth-order valence-electron chi connectivity index (χ4n) is 4.07. The zero-order valence-electron chi connectivity index (χ0n) is 15.9.